The number of guanidine groups is 1. The van der Waals surface area contributed by atoms with Gasteiger partial charge < -0.3 is 19.9 Å². The Morgan fingerprint density at radius 3 is 2.45 bits per heavy atom. The number of hydrogen-bond donors (Lipinski definition) is 1. The summed E-state index contributed by atoms with van der Waals surface area (Å²) < 4.78 is 5.74. The molecule has 1 aliphatic heterocycles. The van der Waals surface area contributed by atoms with Crippen molar-refractivity contribution in [2.24, 2.45) is 4.99 Å². The molecule has 8 heteroatoms. The minimum atomic E-state index is 0. The lowest BCUT2D eigenvalue weighted by Gasteiger charge is -2.36. The second-order valence-electron chi connectivity index (χ2n) is 6.63. The predicted molar refractivity (Wildman–Crippen MR) is 128 cm³/mol. The molecule has 0 spiro atoms. The number of aliphatic imine (C=N–C) groups is 1. The van der Waals surface area contributed by atoms with Gasteiger partial charge >= 0.3 is 0 Å². The summed E-state index contributed by atoms with van der Waals surface area (Å²) in [4.78, 5) is 18.0. The molecule has 0 aliphatic carbocycles. The predicted octanol–water partition coefficient (Wildman–Crippen LogP) is 3.04. The third-order valence-electron chi connectivity index (χ3n) is 4.58. The van der Waals surface area contributed by atoms with Crippen molar-refractivity contribution in [3.8, 4) is 5.75 Å². The SMILES string of the molecule is CCNC(=NCCCCOc1ccccc1)N1CCN(c2ncccn2)CC1.I. The van der Waals surface area contributed by atoms with E-state index >= 15 is 0 Å². The number of benzene rings is 1. The van der Waals surface area contributed by atoms with E-state index in [1.54, 1.807) is 12.4 Å². The van der Waals surface area contributed by atoms with E-state index in [1.165, 1.54) is 0 Å². The van der Waals surface area contributed by atoms with E-state index in [2.05, 4.69) is 32.0 Å². The molecule has 29 heavy (non-hydrogen) atoms. The molecule has 0 bridgehead atoms. The Morgan fingerprint density at radius 1 is 1.03 bits per heavy atom. The van der Waals surface area contributed by atoms with Crippen molar-refractivity contribution in [1.29, 1.82) is 0 Å². The van der Waals surface area contributed by atoms with E-state index in [9.17, 15) is 0 Å². The number of hydrogen-bond acceptors (Lipinski definition) is 5. The van der Waals surface area contributed by atoms with Gasteiger partial charge in [0.2, 0.25) is 5.95 Å². The Morgan fingerprint density at radius 2 is 1.76 bits per heavy atom. The molecule has 0 atom stereocenters. The van der Waals surface area contributed by atoms with Crippen LogP contribution < -0.4 is 15.0 Å². The summed E-state index contributed by atoms with van der Waals surface area (Å²) >= 11 is 0. The number of nitrogens with one attached hydrogen (secondary N) is 1. The average Bonchev–Trinajstić information content (AvgIpc) is 2.77. The van der Waals surface area contributed by atoms with Gasteiger partial charge in [0.15, 0.2) is 5.96 Å². The molecule has 2 aromatic rings. The maximum absolute atomic E-state index is 5.74. The topological polar surface area (TPSA) is 65.9 Å². The zero-order valence-electron chi connectivity index (χ0n) is 17.0. The number of aromatic nitrogens is 2. The standard InChI is InChI=1S/C21H30N6O.HI/c1-2-22-20(23-11-6-7-18-28-19-9-4-3-5-10-19)26-14-16-27(17-15-26)21-24-12-8-13-25-21;/h3-5,8-10,12-13H,2,6-7,11,14-18H2,1H3,(H,22,23);1H. The second kappa shape index (κ2) is 13.2. The summed E-state index contributed by atoms with van der Waals surface area (Å²) in [7, 11) is 0. The van der Waals surface area contributed by atoms with Crippen LogP contribution in [0.5, 0.6) is 5.75 Å². The highest BCUT2D eigenvalue weighted by atomic mass is 127. The van der Waals surface area contributed by atoms with E-state index in [-0.39, 0.29) is 24.0 Å². The van der Waals surface area contributed by atoms with Crippen LogP contribution in [0.1, 0.15) is 19.8 Å². The van der Waals surface area contributed by atoms with Crippen molar-refractivity contribution >= 4 is 35.9 Å². The maximum Gasteiger partial charge on any atom is 0.225 e. The highest BCUT2D eigenvalue weighted by Gasteiger charge is 2.20. The molecule has 0 unspecified atom stereocenters. The number of unbranched alkanes of at least 4 members (excludes halogenated alkanes) is 1. The summed E-state index contributed by atoms with van der Waals surface area (Å²) in [6.45, 7) is 8.16. The van der Waals surface area contributed by atoms with Gasteiger partial charge in [-0.15, -0.1) is 24.0 Å². The van der Waals surface area contributed by atoms with Crippen molar-refractivity contribution in [1.82, 2.24) is 20.2 Å². The first-order valence-electron chi connectivity index (χ1n) is 10.1. The Bertz CT molecular complexity index is 708. The maximum atomic E-state index is 5.74. The first-order valence-corrected chi connectivity index (χ1v) is 10.1. The van der Waals surface area contributed by atoms with Crippen LogP contribution in [0.3, 0.4) is 0 Å². The van der Waals surface area contributed by atoms with E-state index in [0.717, 1.165) is 76.4 Å². The quantitative estimate of drug-likeness (QED) is 0.255. The lowest BCUT2D eigenvalue weighted by Crippen LogP contribution is -2.53. The Hall–Kier alpha value is -2.10. The molecule has 1 N–H and O–H groups in total. The van der Waals surface area contributed by atoms with Gasteiger partial charge in [0, 0.05) is 51.7 Å². The van der Waals surface area contributed by atoms with Crippen LogP contribution in [0.4, 0.5) is 5.95 Å². The van der Waals surface area contributed by atoms with Crippen molar-refractivity contribution in [3.05, 3.63) is 48.8 Å². The number of ether oxygens (including phenoxy) is 1. The van der Waals surface area contributed by atoms with Crippen LogP contribution in [0, 0.1) is 0 Å². The first kappa shape index (κ1) is 23.2. The molecule has 0 saturated carbocycles. The fraction of sp³-hybridized carbons (Fsp3) is 0.476. The van der Waals surface area contributed by atoms with Crippen LogP contribution in [-0.4, -0.2) is 66.7 Å². The van der Waals surface area contributed by atoms with E-state index in [0.29, 0.717) is 0 Å². The molecule has 7 nitrogen and oxygen atoms in total. The molecule has 1 aliphatic rings. The number of para-hydroxylation sites is 1. The highest BCUT2D eigenvalue weighted by Crippen LogP contribution is 2.11. The molecular weight excluding hydrogens is 479 g/mol. The van der Waals surface area contributed by atoms with Gasteiger partial charge in [0.25, 0.3) is 0 Å². The number of nitrogens with zero attached hydrogens (tertiary/aromatic N) is 5. The molecule has 2 heterocycles. The Kier molecular flexibility index (Phi) is 10.5. The van der Waals surface area contributed by atoms with Gasteiger partial charge in [-0.3, -0.25) is 4.99 Å². The van der Waals surface area contributed by atoms with Crippen molar-refractivity contribution in [2.75, 3.05) is 50.8 Å². The Labute approximate surface area is 190 Å². The molecule has 3 rings (SSSR count). The molecule has 0 amide bonds. The van der Waals surface area contributed by atoms with E-state index in [1.807, 2.05) is 36.4 Å². The lowest BCUT2D eigenvalue weighted by atomic mass is 10.3. The summed E-state index contributed by atoms with van der Waals surface area (Å²) in [5.74, 6) is 2.74. The molecule has 1 saturated heterocycles. The summed E-state index contributed by atoms with van der Waals surface area (Å²) in [5, 5.41) is 3.42. The van der Waals surface area contributed by atoms with Crippen molar-refractivity contribution in [2.45, 2.75) is 19.8 Å². The molecule has 1 aromatic carbocycles. The van der Waals surface area contributed by atoms with Crippen LogP contribution in [0.2, 0.25) is 0 Å². The third kappa shape index (κ3) is 7.68. The lowest BCUT2D eigenvalue weighted by molar-refractivity contribution is 0.307. The van der Waals surface area contributed by atoms with Crippen LogP contribution in [0.15, 0.2) is 53.8 Å². The fourth-order valence-corrected chi connectivity index (χ4v) is 3.10. The Balaban J connectivity index is 0.00000300. The van der Waals surface area contributed by atoms with E-state index in [4.69, 9.17) is 9.73 Å². The van der Waals surface area contributed by atoms with Gasteiger partial charge in [0.05, 0.1) is 6.61 Å². The number of piperazine rings is 1. The molecule has 1 fully saturated rings. The second-order valence-corrected chi connectivity index (χ2v) is 6.63. The monoisotopic (exact) mass is 510 g/mol. The van der Waals surface area contributed by atoms with Crippen LogP contribution in [-0.2, 0) is 0 Å². The molecular formula is C21H31IN6O. The van der Waals surface area contributed by atoms with Gasteiger partial charge in [-0.1, -0.05) is 18.2 Å². The number of rotatable bonds is 8. The molecule has 1 aromatic heterocycles. The highest BCUT2D eigenvalue weighted by molar-refractivity contribution is 14.0. The van der Waals surface area contributed by atoms with Crippen LogP contribution >= 0.6 is 24.0 Å². The normalized spacial score (nSPS) is 14.3. The van der Waals surface area contributed by atoms with Crippen molar-refractivity contribution < 1.29 is 4.74 Å². The third-order valence-corrected chi connectivity index (χ3v) is 4.58. The average molecular weight is 510 g/mol. The number of halogens is 1. The zero-order chi connectivity index (χ0) is 19.4. The largest absolute Gasteiger partial charge is 0.494 e. The molecule has 158 valence electrons. The smallest absolute Gasteiger partial charge is 0.225 e. The van der Waals surface area contributed by atoms with Gasteiger partial charge in [-0.05, 0) is 38.0 Å². The minimum absolute atomic E-state index is 0. The summed E-state index contributed by atoms with van der Waals surface area (Å²) in [6.07, 6.45) is 5.60. The summed E-state index contributed by atoms with van der Waals surface area (Å²) in [5.41, 5.74) is 0. The molecule has 0 radical (unpaired) electrons. The fourth-order valence-electron chi connectivity index (χ4n) is 3.10. The number of anilines is 1. The zero-order valence-corrected chi connectivity index (χ0v) is 19.4. The van der Waals surface area contributed by atoms with Crippen LogP contribution in [0.25, 0.3) is 0 Å². The van der Waals surface area contributed by atoms with Gasteiger partial charge in [-0.25, -0.2) is 9.97 Å². The van der Waals surface area contributed by atoms with Gasteiger partial charge in [-0.2, -0.15) is 0 Å². The first-order chi connectivity index (χ1) is 13.9. The van der Waals surface area contributed by atoms with E-state index < -0.39 is 0 Å². The minimum Gasteiger partial charge on any atom is -0.494 e. The summed E-state index contributed by atoms with van der Waals surface area (Å²) in [6, 6.07) is 11.8. The van der Waals surface area contributed by atoms with Crippen molar-refractivity contribution in [3.63, 3.8) is 0 Å². The van der Waals surface area contributed by atoms with Gasteiger partial charge in [0.1, 0.15) is 5.75 Å².